The molecule has 0 saturated heterocycles. The van der Waals surface area contributed by atoms with Crippen molar-refractivity contribution in [3.05, 3.63) is 11.4 Å². The highest BCUT2D eigenvalue weighted by Gasteiger charge is 2.40. The van der Waals surface area contributed by atoms with Crippen LogP contribution in [0.3, 0.4) is 0 Å². The molecule has 0 aliphatic carbocycles. The van der Waals surface area contributed by atoms with Crippen molar-refractivity contribution in [1.29, 1.82) is 0 Å². The average molecular weight is 242 g/mol. The van der Waals surface area contributed by atoms with Crippen molar-refractivity contribution in [3.63, 3.8) is 0 Å². The summed E-state index contributed by atoms with van der Waals surface area (Å²) in [6.45, 7) is 1.40. The molecule has 1 unspecified atom stereocenters. The Kier molecular flexibility index (Phi) is 3.19. The van der Waals surface area contributed by atoms with Gasteiger partial charge in [0.2, 0.25) is 0 Å². The van der Waals surface area contributed by atoms with Crippen molar-refractivity contribution in [2.45, 2.75) is 18.0 Å². The highest BCUT2D eigenvalue weighted by molar-refractivity contribution is 7.80. The molecule has 15 heavy (non-hydrogen) atoms. The Labute approximate surface area is 86.7 Å². The van der Waals surface area contributed by atoms with Crippen molar-refractivity contribution >= 4 is 11.1 Å². The number of hydrogen-bond acceptors (Lipinski definition) is 3. The van der Waals surface area contributed by atoms with Gasteiger partial charge >= 0.3 is 6.18 Å². The lowest BCUT2D eigenvalue weighted by Gasteiger charge is -2.04. The van der Waals surface area contributed by atoms with E-state index in [1.807, 2.05) is 0 Å². The van der Waals surface area contributed by atoms with Crippen LogP contribution >= 0.6 is 0 Å². The van der Waals surface area contributed by atoms with E-state index in [1.54, 1.807) is 0 Å². The summed E-state index contributed by atoms with van der Waals surface area (Å²) in [5, 5.41) is 3.27. The highest BCUT2D eigenvalue weighted by atomic mass is 32.2. The van der Waals surface area contributed by atoms with E-state index in [1.165, 1.54) is 14.0 Å². The van der Waals surface area contributed by atoms with Gasteiger partial charge in [-0.3, -0.25) is 8.86 Å². The van der Waals surface area contributed by atoms with Gasteiger partial charge < -0.3 is 0 Å². The minimum atomic E-state index is -4.63. The predicted molar refractivity (Wildman–Crippen MR) is 46.4 cm³/mol. The number of rotatable bonds is 2. The molecule has 0 aliphatic rings. The fraction of sp³-hybridized carbons (Fsp3) is 0.571. The van der Waals surface area contributed by atoms with E-state index in [0.717, 1.165) is 11.8 Å². The zero-order chi connectivity index (χ0) is 11.8. The molecule has 0 saturated carbocycles. The maximum Gasteiger partial charge on any atom is 0.436 e. The topological polar surface area (TPSA) is 44.1 Å². The molecule has 8 heteroatoms. The number of halogens is 3. The number of hydrogen-bond donors (Lipinski definition) is 0. The molecule has 0 bridgehead atoms. The third-order valence-corrected chi connectivity index (χ3v) is 2.99. The van der Waals surface area contributed by atoms with Gasteiger partial charge in [-0.1, -0.05) is 0 Å². The van der Waals surface area contributed by atoms with Crippen molar-refractivity contribution < 1.29 is 21.6 Å². The summed E-state index contributed by atoms with van der Waals surface area (Å²) < 4.78 is 54.1. The van der Waals surface area contributed by atoms with Crippen LogP contribution in [0.5, 0.6) is 0 Å². The molecule has 0 aromatic carbocycles. The molecule has 0 radical (unpaired) electrons. The van der Waals surface area contributed by atoms with E-state index in [0.29, 0.717) is 0 Å². The third kappa shape index (κ3) is 2.20. The summed E-state index contributed by atoms with van der Waals surface area (Å²) in [4.78, 5) is -0.424. The van der Waals surface area contributed by atoms with Gasteiger partial charge in [-0.05, 0) is 6.92 Å². The molecular formula is C7H9F3N2O2S. The standard InChI is InChI=1S/C7H9F3N2O2S/c1-4-5(15(13)14-3)6(7(8,9)10)11-12(4)2/h1-3H3. The molecule has 1 atom stereocenters. The Morgan fingerprint density at radius 2 is 2.00 bits per heavy atom. The molecule has 86 valence electrons. The lowest BCUT2D eigenvalue weighted by molar-refractivity contribution is -0.143. The highest BCUT2D eigenvalue weighted by Crippen LogP contribution is 2.34. The second-order valence-corrected chi connectivity index (χ2v) is 4.00. The molecule has 1 aromatic rings. The van der Waals surface area contributed by atoms with Gasteiger partial charge in [0.25, 0.3) is 0 Å². The van der Waals surface area contributed by atoms with Crippen LogP contribution in [0, 0.1) is 6.92 Å². The van der Waals surface area contributed by atoms with Gasteiger partial charge in [0, 0.05) is 7.05 Å². The fourth-order valence-corrected chi connectivity index (χ4v) is 1.91. The Balaban J connectivity index is 3.40. The molecule has 4 nitrogen and oxygen atoms in total. The predicted octanol–water partition coefficient (Wildman–Crippen LogP) is 1.42. The first kappa shape index (κ1) is 12.2. The largest absolute Gasteiger partial charge is 0.436 e. The maximum absolute atomic E-state index is 12.5. The van der Waals surface area contributed by atoms with Crippen molar-refractivity contribution in [1.82, 2.24) is 9.78 Å². The molecule has 0 aliphatic heterocycles. The first-order valence-electron chi connectivity index (χ1n) is 3.86. The fourth-order valence-electron chi connectivity index (χ4n) is 1.06. The number of nitrogens with zero attached hydrogens (tertiary/aromatic N) is 2. The number of aromatic nitrogens is 2. The molecule has 0 fully saturated rings. The minimum absolute atomic E-state index is 0.169. The summed E-state index contributed by atoms with van der Waals surface area (Å²) in [7, 11) is 2.42. The smallest absolute Gasteiger partial charge is 0.290 e. The van der Waals surface area contributed by atoms with Gasteiger partial charge in [0.1, 0.15) is 4.90 Å². The second kappa shape index (κ2) is 3.93. The normalized spacial score (nSPS) is 14.3. The molecule has 1 aromatic heterocycles. The van der Waals surface area contributed by atoms with E-state index >= 15 is 0 Å². The van der Waals surface area contributed by atoms with E-state index < -0.39 is 27.8 Å². The summed E-state index contributed by atoms with van der Waals surface area (Å²) in [6, 6.07) is 0. The SMILES string of the molecule is COS(=O)c1c(C(F)(F)F)nn(C)c1C. The molecule has 0 spiro atoms. The van der Waals surface area contributed by atoms with Crippen LogP contribution in [0.1, 0.15) is 11.4 Å². The van der Waals surface area contributed by atoms with Crippen LogP contribution in [0.4, 0.5) is 13.2 Å². The summed E-state index contributed by atoms with van der Waals surface area (Å²) in [5.74, 6) is 0. The van der Waals surface area contributed by atoms with Crippen molar-refractivity contribution in [2.24, 2.45) is 7.05 Å². The summed E-state index contributed by atoms with van der Waals surface area (Å²) >= 11 is -2.14. The minimum Gasteiger partial charge on any atom is -0.290 e. The lowest BCUT2D eigenvalue weighted by Crippen LogP contribution is -2.10. The van der Waals surface area contributed by atoms with E-state index in [2.05, 4.69) is 9.28 Å². The Hall–Kier alpha value is -0.890. The monoisotopic (exact) mass is 242 g/mol. The summed E-state index contributed by atoms with van der Waals surface area (Å²) in [6.07, 6.45) is -4.63. The zero-order valence-electron chi connectivity index (χ0n) is 8.25. The van der Waals surface area contributed by atoms with Crippen molar-refractivity contribution in [3.8, 4) is 0 Å². The first-order chi connectivity index (χ1) is 6.79. The number of alkyl halides is 3. The van der Waals surface area contributed by atoms with Gasteiger partial charge in [-0.2, -0.15) is 18.3 Å². The first-order valence-corrected chi connectivity index (χ1v) is 4.93. The molecule has 1 rings (SSSR count). The Morgan fingerprint density at radius 3 is 2.40 bits per heavy atom. The van der Waals surface area contributed by atoms with Crippen LogP contribution in [0.25, 0.3) is 0 Å². The quantitative estimate of drug-likeness (QED) is 0.787. The van der Waals surface area contributed by atoms with E-state index in [4.69, 9.17) is 0 Å². The second-order valence-electron chi connectivity index (χ2n) is 2.79. The Morgan fingerprint density at radius 1 is 1.47 bits per heavy atom. The van der Waals surface area contributed by atoms with Gasteiger partial charge in [-0.25, -0.2) is 4.21 Å². The third-order valence-electron chi connectivity index (χ3n) is 1.87. The molecule has 1 heterocycles. The Bertz CT molecular complexity index is 400. The average Bonchev–Trinajstić information content (AvgIpc) is 2.42. The lowest BCUT2D eigenvalue weighted by atomic mass is 10.3. The molecular weight excluding hydrogens is 233 g/mol. The van der Waals surface area contributed by atoms with Crippen LogP contribution in [0.2, 0.25) is 0 Å². The van der Waals surface area contributed by atoms with Crippen LogP contribution in [-0.2, 0) is 28.5 Å². The summed E-state index contributed by atoms with van der Waals surface area (Å²) in [5.41, 5.74) is -0.995. The van der Waals surface area contributed by atoms with Crippen LogP contribution < -0.4 is 0 Å². The van der Waals surface area contributed by atoms with Crippen LogP contribution in [-0.4, -0.2) is 21.1 Å². The van der Waals surface area contributed by atoms with E-state index in [9.17, 15) is 17.4 Å². The molecule has 0 N–H and O–H groups in total. The van der Waals surface area contributed by atoms with Crippen molar-refractivity contribution in [2.75, 3.05) is 7.11 Å². The van der Waals surface area contributed by atoms with E-state index in [-0.39, 0.29) is 5.69 Å². The zero-order valence-corrected chi connectivity index (χ0v) is 9.07. The van der Waals surface area contributed by atoms with Crippen LogP contribution in [0.15, 0.2) is 4.90 Å². The van der Waals surface area contributed by atoms with Gasteiger partial charge in [-0.15, -0.1) is 0 Å². The van der Waals surface area contributed by atoms with Gasteiger partial charge in [0.15, 0.2) is 16.8 Å². The molecule has 0 amide bonds. The van der Waals surface area contributed by atoms with Gasteiger partial charge in [0.05, 0.1) is 12.8 Å². The maximum atomic E-state index is 12.5. The number of aryl methyl sites for hydroxylation is 1.